The number of carbonyl (C=O) groups is 1. The van der Waals surface area contributed by atoms with Crippen LogP contribution in [-0.2, 0) is 4.79 Å². The smallest absolute Gasteiger partial charge is 0.242 e. The number of carbonyl (C=O) groups excluding carboxylic acids is 1. The van der Waals surface area contributed by atoms with Gasteiger partial charge in [0.1, 0.15) is 0 Å². The Morgan fingerprint density at radius 2 is 2.09 bits per heavy atom. The lowest BCUT2D eigenvalue weighted by molar-refractivity contribution is -0.130. The number of nitrogens with one attached hydrogen (secondary N) is 1. The zero-order chi connectivity index (χ0) is 16.2. The number of nitrogens with zero attached hydrogens (tertiary/aromatic N) is 4. The van der Waals surface area contributed by atoms with Crippen LogP contribution in [0.1, 0.15) is 5.56 Å². The van der Waals surface area contributed by atoms with Gasteiger partial charge in [-0.1, -0.05) is 24.3 Å². The summed E-state index contributed by atoms with van der Waals surface area (Å²) >= 11 is 1.33. The van der Waals surface area contributed by atoms with Crippen molar-refractivity contribution >= 4 is 22.6 Å². The van der Waals surface area contributed by atoms with E-state index in [1.54, 1.807) is 0 Å². The van der Waals surface area contributed by atoms with E-state index >= 15 is 0 Å². The molecule has 23 heavy (non-hydrogen) atoms. The van der Waals surface area contributed by atoms with Crippen molar-refractivity contribution in [1.82, 2.24) is 19.6 Å². The molecule has 0 bridgehead atoms. The maximum absolute atomic E-state index is 12.3. The number of aryl methyl sites for hydroxylation is 1. The fourth-order valence-corrected chi connectivity index (χ4v) is 3.23. The molecule has 0 unspecified atom stereocenters. The van der Waals surface area contributed by atoms with Crippen LogP contribution in [0, 0.1) is 6.92 Å². The number of anilines is 1. The molecular formula is C16H21N5OS. The van der Waals surface area contributed by atoms with Crippen LogP contribution in [0.3, 0.4) is 0 Å². The van der Waals surface area contributed by atoms with Crippen LogP contribution in [0.25, 0.3) is 11.4 Å². The highest BCUT2D eigenvalue weighted by molar-refractivity contribution is 7.09. The first-order valence-electron chi connectivity index (χ1n) is 7.74. The molecule has 1 aliphatic heterocycles. The summed E-state index contributed by atoms with van der Waals surface area (Å²) in [6.07, 6.45) is 0. The number of hydrogen-bond acceptors (Lipinski definition) is 6. The summed E-state index contributed by atoms with van der Waals surface area (Å²) in [5.74, 6) is 0.867. The van der Waals surface area contributed by atoms with E-state index in [2.05, 4.69) is 14.7 Å². The number of aromatic nitrogens is 2. The molecule has 1 fully saturated rings. The minimum Gasteiger partial charge on any atom is -0.341 e. The van der Waals surface area contributed by atoms with Crippen molar-refractivity contribution in [2.45, 2.75) is 6.92 Å². The van der Waals surface area contributed by atoms with Gasteiger partial charge in [0.15, 0.2) is 5.82 Å². The van der Waals surface area contributed by atoms with Gasteiger partial charge in [0.2, 0.25) is 11.0 Å². The number of likely N-dealkylation sites (N-methyl/N-ethyl adjacent to an activating group) is 1. The topological polar surface area (TPSA) is 61.4 Å². The lowest BCUT2D eigenvalue weighted by atomic mass is 10.1. The second-order valence-corrected chi connectivity index (χ2v) is 6.43. The predicted octanol–water partition coefficient (Wildman–Crippen LogP) is 1.38. The Bertz CT molecular complexity index is 681. The first-order valence-corrected chi connectivity index (χ1v) is 8.52. The van der Waals surface area contributed by atoms with Gasteiger partial charge in [-0.15, -0.1) is 0 Å². The molecular weight excluding hydrogens is 310 g/mol. The first kappa shape index (κ1) is 15.9. The molecule has 1 saturated heterocycles. The van der Waals surface area contributed by atoms with Crippen molar-refractivity contribution in [2.24, 2.45) is 0 Å². The average molecular weight is 331 g/mol. The molecule has 1 N–H and O–H groups in total. The van der Waals surface area contributed by atoms with Crippen LogP contribution >= 0.6 is 11.5 Å². The fraction of sp³-hybridized carbons (Fsp3) is 0.438. The molecule has 2 heterocycles. The Hall–Kier alpha value is -1.99. The van der Waals surface area contributed by atoms with Crippen LogP contribution < -0.4 is 10.2 Å². The summed E-state index contributed by atoms with van der Waals surface area (Å²) in [6.45, 7) is 5.67. The van der Waals surface area contributed by atoms with E-state index in [-0.39, 0.29) is 5.91 Å². The molecule has 1 amide bonds. The van der Waals surface area contributed by atoms with Crippen molar-refractivity contribution in [3.8, 4) is 11.4 Å². The second kappa shape index (κ2) is 7.06. The van der Waals surface area contributed by atoms with E-state index in [4.69, 9.17) is 0 Å². The predicted molar refractivity (Wildman–Crippen MR) is 92.8 cm³/mol. The zero-order valence-corrected chi connectivity index (χ0v) is 14.3. The molecule has 6 nitrogen and oxygen atoms in total. The zero-order valence-electron chi connectivity index (χ0n) is 13.5. The van der Waals surface area contributed by atoms with Gasteiger partial charge in [-0.3, -0.25) is 4.79 Å². The summed E-state index contributed by atoms with van der Waals surface area (Å²) < 4.78 is 4.44. The average Bonchev–Trinajstić information content (AvgIpc) is 3.06. The molecule has 3 rings (SSSR count). The number of hydrogen-bond donors (Lipinski definition) is 1. The molecule has 0 spiro atoms. The van der Waals surface area contributed by atoms with E-state index in [0.29, 0.717) is 6.54 Å². The molecule has 0 radical (unpaired) electrons. The van der Waals surface area contributed by atoms with Crippen LogP contribution in [0.2, 0.25) is 0 Å². The third kappa shape index (κ3) is 3.68. The standard InChI is InChI=1S/C16H21N5OS/c1-12-5-3-4-6-13(12)15-18-16(23-19-15)20(2)11-14(22)21-9-7-17-8-10-21/h3-6,17H,7-11H2,1-2H3. The van der Waals surface area contributed by atoms with Crippen LogP contribution in [-0.4, -0.2) is 59.9 Å². The van der Waals surface area contributed by atoms with Crippen molar-refractivity contribution in [3.05, 3.63) is 29.8 Å². The maximum Gasteiger partial charge on any atom is 0.242 e. The van der Waals surface area contributed by atoms with E-state index in [1.165, 1.54) is 11.5 Å². The Morgan fingerprint density at radius 3 is 2.83 bits per heavy atom. The maximum atomic E-state index is 12.3. The van der Waals surface area contributed by atoms with Crippen molar-refractivity contribution < 1.29 is 4.79 Å². The summed E-state index contributed by atoms with van der Waals surface area (Å²) in [6, 6.07) is 8.06. The van der Waals surface area contributed by atoms with Gasteiger partial charge in [0, 0.05) is 50.3 Å². The summed E-state index contributed by atoms with van der Waals surface area (Å²) in [4.78, 5) is 20.7. The Balaban J connectivity index is 1.67. The summed E-state index contributed by atoms with van der Waals surface area (Å²) in [5, 5.41) is 4.02. The lowest BCUT2D eigenvalue weighted by Gasteiger charge is -2.29. The van der Waals surface area contributed by atoms with Crippen molar-refractivity contribution in [2.75, 3.05) is 44.7 Å². The first-order chi connectivity index (χ1) is 11.1. The molecule has 0 aliphatic carbocycles. The Labute approximate surface area is 140 Å². The van der Waals surface area contributed by atoms with Gasteiger partial charge >= 0.3 is 0 Å². The third-order valence-electron chi connectivity index (χ3n) is 3.97. The summed E-state index contributed by atoms with van der Waals surface area (Å²) in [5.41, 5.74) is 2.19. The number of rotatable bonds is 4. The largest absolute Gasteiger partial charge is 0.341 e. The molecule has 2 aromatic rings. The number of amides is 1. The molecule has 1 aliphatic rings. The number of benzene rings is 1. The third-order valence-corrected chi connectivity index (χ3v) is 4.80. The quantitative estimate of drug-likeness (QED) is 0.917. The molecule has 1 aromatic carbocycles. The normalized spacial score (nSPS) is 14.8. The van der Waals surface area contributed by atoms with E-state index in [9.17, 15) is 4.79 Å². The SMILES string of the molecule is Cc1ccccc1-c1nsc(N(C)CC(=O)N2CCNCC2)n1. The fourth-order valence-electron chi connectivity index (χ4n) is 2.59. The molecule has 1 aromatic heterocycles. The monoisotopic (exact) mass is 331 g/mol. The Morgan fingerprint density at radius 1 is 1.35 bits per heavy atom. The minimum atomic E-state index is 0.140. The van der Waals surface area contributed by atoms with E-state index in [0.717, 1.165) is 48.3 Å². The molecule has 0 atom stereocenters. The van der Waals surface area contributed by atoms with Gasteiger partial charge < -0.3 is 15.1 Å². The molecule has 7 heteroatoms. The molecule has 0 saturated carbocycles. The number of piperazine rings is 1. The highest BCUT2D eigenvalue weighted by Gasteiger charge is 2.19. The summed E-state index contributed by atoms with van der Waals surface area (Å²) in [7, 11) is 1.89. The van der Waals surface area contributed by atoms with Gasteiger partial charge in [-0.05, 0) is 12.5 Å². The van der Waals surface area contributed by atoms with E-state index in [1.807, 2.05) is 48.0 Å². The van der Waals surface area contributed by atoms with E-state index < -0.39 is 0 Å². The van der Waals surface area contributed by atoms with Gasteiger partial charge in [-0.2, -0.15) is 9.36 Å². The van der Waals surface area contributed by atoms with Crippen LogP contribution in [0.5, 0.6) is 0 Å². The highest BCUT2D eigenvalue weighted by atomic mass is 32.1. The van der Waals surface area contributed by atoms with Gasteiger partial charge in [-0.25, -0.2) is 0 Å². The highest BCUT2D eigenvalue weighted by Crippen LogP contribution is 2.25. The van der Waals surface area contributed by atoms with Crippen molar-refractivity contribution in [1.29, 1.82) is 0 Å². The lowest BCUT2D eigenvalue weighted by Crippen LogP contribution is -2.49. The van der Waals surface area contributed by atoms with Crippen molar-refractivity contribution in [3.63, 3.8) is 0 Å². The Kier molecular flexibility index (Phi) is 4.88. The second-order valence-electron chi connectivity index (χ2n) is 5.70. The van der Waals surface area contributed by atoms with Crippen LogP contribution in [0.15, 0.2) is 24.3 Å². The minimum absolute atomic E-state index is 0.140. The van der Waals surface area contributed by atoms with Gasteiger partial charge in [0.25, 0.3) is 0 Å². The molecule has 122 valence electrons. The van der Waals surface area contributed by atoms with Crippen LogP contribution in [0.4, 0.5) is 5.13 Å². The van der Waals surface area contributed by atoms with Gasteiger partial charge in [0.05, 0.1) is 6.54 Å².